The highest BCUT2D eigenvalue weighted by atomic mass is 16.7. The molecule has 0 atom stereocenters. The largest absolute Gasteiger partial charge is 0.449 e. The number of pyridine rings is 1. The van der Waals surface area contributed by atoms with Gasteiger partial charge in [-0.3, -0.25) is 0 Å². The van der Waals surface area contributed by atoms with Crippen molar-refractivity contribution in [1.82, 2.24) is 29.6 Å². The van der Waals surface area contributed by atoms with Gasteiger partial charge in [0.15, 0.2) is 11.6 Å². The van der Waals surface area contributed by atoms with Crippen LogP contribution in [0.3, 0.4) is 0 Å². The van der Waals surface area contributed by atoms with Gasteiger partial charge in [-0.05, 0) is 19.2 Å². The Labute approximate surface area is 169 Å². The summed E-state index contributed by atoms with van der Waals surface area (Å²) in [5.74, 6) is 1.37. The number of nitrogens with one attached hydrogen (secondary N) is 1. The van der Waals surface area contributed by atoms with Crippen molar-refractivity contribution in [1.29, 1.82) is 0 Å². The number of fused-ring (bicyclic) bond motifs is 1. The van der Waals surface area contributed by atoms with Crippen LogP contribution in [0.2, 0.25) is 0 Å². The van der Waals surface area contributed by atoms with Gasteiger partial charge in [0.25, 0.3) is 0 Å². The van der Waals surface area contributed by atoms with Gasteiger partial charge in [0.05, 0.1) is 24.5 Å². The van der Waals surface area contributed by atoms with E-state index < -0.39 is 5.72 Å². The molecule has 2 aliphatic rings. The highest BCUT2D eigenvalue weighted by Crippen LogP contribution is 2.30. The number of nitrogens with zero attached hydrogens (tertiary/aromatic N) is 6. The lowest BCUT2D eigenvalue weighted by Gasteiger charge is -2.33. The quantitative estimate of drug-likeness (QED) is 0.723. The van der Waals surface area contributed by atoms with Gasteiger partial charge in [-0.2, -0.15) is 0 Å². The zero-order valence-corrected chi connectivity index (χ0v) is 16.7. The predicted octanol–water partition coefficient (Wildman–Crippen LogP) is 1.95. The molecule has 0 aromatic carbocycles. The van der Waals surface area contributed by atoms with Gasteiger partial charge in [-0.25, -0.2) is 25.3 Å². The minimum atomic E-state index is -0.487. The van der Waals surface area contributed by atoms with Crippen LogP contribution < -0.4 is 5.48 Å². The molecule has 5 heterocycles. The smallest absolute Gasteiger partial charge is 0.222 e. The van der Waals surface area contributed by atoms with Crippen LogP contribution in [0.25, 0.3) is 5.65 Å². The molecule has 1 spiro atoms. The molecule has 1 fully saturated rings. The molecule has 1 N–H and O–H groups in total. The molecule has 2 aliphatic heterocycles. The molecule has 0 amide bonds. The van der Waals surface area contributed by atoms with Crippen LogP contribution >= 0.6 is 0 Å². The van der Waals surface area contributed by atoms with E-state index in [1.807, 2.05) is 41.9 Å². The fourth-order valence-electron chi connectivity index (χ4n) is 3.84. The maximum atomic E-state index is 5.97. The first kappa shape index (κ1) is 18.1. The molecule has 3 aromatic rings. The molecule has 152 valence electrons. The van der Waals surface area contributed by atoms with Crippen molar-refractivity contribution in [3.63, 3.8) is 0 Å². The number of hydrogen-bond acceptors (Lipinski definition) is 8. The van der Waals surface area contributed by atoms with Crippen LogP contribution in [0.4, 0.5) is 0 Å². The van der Waals surface area contributed by atoms with Crippen molar-refractivity contribution >= 4 is 11.6 Å². The van der Waals surface area contributed by atoms with Crippen molar-refractivity contribution in [2.45, 2.75) is 38.6 Å². The monoisotopic (exact) mass is 395 g/mol. The lowest BCUT2D eigenvalue weighted by molar-refractivity contribution is -0.0875. The first-order valence-electron chi connectivity index (χ1n) is 9.90. The van der Waals surface area contributed by atoms with Crippen LogP contribution in [-0.2, 0) is 17.9 Å². The van der Waals surface area contributed by atoms with Gasteiger partial charge < -0.3 is 18.6 Å². The number of oxazole rings is 1. The molecule has 0 bridgehead atoms. The normalized spacial score (nSPS) is 18.9. The number of imidazole rings is 1. The van der Waals surface area contributed by atoms with E-state index in [1.54, 1.807) is 6.26 Å². The van der Waals surface area contributed by atoms with Crippen molar-refractivity contribution in [3.8, 4) is 0 Å². The fraction of sp³-hybridized carbons (Fsp3) is 0.450. The third kappa shape index (κ3) is 3.70. The van der Waals surface area contributed by atoms with Crippen LogP contribution in [0.1, 0.15) is 30.1 Å². The zero-order chi connectivity index (χ0) is 19.8. The van der Waals surface area contributed by atoms with Gasteiger partial charge in [0, 0.05) is 45.2 Å². The van der Waals surface area contributed by atoms with E-state index in [9.17, 15) is 0 Å². The second-order valence-corrected chi connectivity index (χ2v) is 7.80. The molecule has 3 aromatic heterocycles. The number of aryl methyl sites for hydroxylation is 1. The number of aliphatic imine (C=N–C) groups is 1. The Morgan fingerprint density at radius 3 is 2.76 bits per heavy atom. The second kappa shape index (κ2) is 7.16. The summed E-state index contributed by atoms with van der Waals surface area (Å²) in [7, 11) is 2.13. The van der Waals surface area contributed by atoms with E-state index in [-0.39, 0.29) is 0 Å². The number of aromatic nitrogens is 3. The van der Waals surface area contributed by atoms with Crippen molar-refractivity contribution < 1.29 is 9.25 Å². The Kier molecular flexibility index (Phi) is 4.48. The number of rotatable bonds is 4. The summed E-state index contributed by atoms with van der Waals surface area (Å²) in [6.45, 7) is 4.91. The van der Waals surface area contributed by atoms with Gasteiger partial charge in [-0.15, -0.1) is 0 Å². The molecule has 29 heavy (non-hydrogen) atoms. The molecular formula is C20H25N7O2. The third-order valence-electron chi connectivity index (χ3n) is 5.50. The van der Waals surface area contributed by atoms with E-state index in [0.29, 0.717) is 24.9 Å². The van der Waals surface area contributed by atoms with Crippen LogP contribution in [0, 0.1) is 6.92 Å². The molecule has 1 saturated heterocycles. The van der Waals surface area contributed by atoms with E-state index in [0.717, 1.165) is 43.0 Å². The van der Waals surface area contributed by atoms with Crippen molar-refractivity contribution in [2.75, 3.05) is 20.1 Å². The number of hydrogen-bond donors (Lipinski definition) is 1. The number of likely N-dealkylation sites (tertiary alicyclic amines) is 1. The summed E-state index contributed by atoms with van der Waals surface area (Å²) in [6.07, 6.45) is 7.46. The highest BCUT2D eigenvalue weighted by Gasteiger charge is 2.40. The molecule has 0 saturated carbocycles. The van der Waals surface area contributed by atoms with E-state index in [2.05, 4.69) is 27.3 Å². The van der Waals surface area contributed by atoms with Gasteiger partial charge >= 0.3 is 0 Å². The average molecular weight is 395 g/mol. The highest BCUT2D eigenvalue weighted by molar-refractivity contribution is 5.80. The Bertz CT molecular complexity index is 999. The molecule has 0 aliphatic carbocycles. The van der Waals surface area contributed by atoms with Crippen LogP contribution in [0.5, 0.6) is 0 Å². The van der Waals surface area contributed by atoms with Crippen molar-refractivity contribution in [3.05, 3.63) is 54.1 Å². The lowest BCUT2D eigenvalue weighted by atomic mass is 10.0. The first-order valence-corrected chi connectivity index (χ1v) is 9.90. The summed E-state index contributed by atoms with van der Waals surface area (Å²) in [6, 6.07) is 5.98. The number of guanidine groups is 1. The van der Waals surface area contributed by atoms with Gasteiger partial charge in [0.1, 0.15) is 11.9 Å². The van der Waals surface area contributed by atoms with Crippen LogP contribution in [-0.4, -0.2) is 56.0 Å². The summed E-state index contributed by atoms with van der Waals surface area (Å²) < 4.78 is 7.41. The molecule has 0 unspecified atom stereocenters. The van der Waals surface area contributed by atoms with E-state index >= 15 is 0 Å². The predicted molar refractivity (Wildman–Crippen MR) is 107 cm³/mol. The molecular weight excluding hydrogens is 370 g/mol. The summed E-state index contributed by atoms with van der Waals surface area (Å²) >= 11 is 0. The minimum absolute atomic E-state index is 0.487. The SMILES string of the molecule is Cc1nc(CN(Cc2cn3ccccc3n2)C2=NC3(CCN(C)CC3)ON2)co1. The lowest BCUT2D eigenvalue weighted by Crippen LogP contribution is -2.43. The Morgan fingerprint density at radius 1 is 1.17 bits per heavy atom. The summed E-state index contributed by atoms with van der Waals surface area (Å²) in [4.78, 5) is 24.5. The average Bonchev–Trinajstić information content (AvgIpc) is 3.42. The molecule has 9 heteroatoms. The molecule has 0 radical (unpaired) electrons. The topological polar surface area (TPSA) is 83.4 Å². The zero-order valence-electron chi connectivity index (χ0n) is 16.7. The third-order valence-corrected chi connectivity index (χ3v) is 5.50. The van der Waals surface area contributed by atoms with Gasteiger partial charge in [0.2, 0.25) is 5.96 Å². The number of piperidine rings is 1. The second-order valence-electron chi connectivity index (χ2n) is 7.80. The number of hydroxylamine groups is 1. The molecule has 9 nitrogen and oxygen atoms in total. The van der Waals surface area contributed by atoms with Crippen LogP contribution in [0.15, 0.2) is 46.3 Å². The summed E-state index contributed by atoms with van der Waals surface area (Å²) in [5.41, 5.74) is 5.31. The standard InChI is InChI=1S/C20H25N7O2/c1-15-21-17(14-28-15)13-27(12-16-11-26-8-4-3-5-18(26)22-16)19-23-20(29-24-19)6-9-25(2)10-7-20/h3-5,8,11,14H,6-7,9-10,12-13H2,1-2H3,(H,23,24). The minimum Gasteiger partial charge on any atom is -0.449 e. The maximum Gasteiger partial charge on any atom is 0.222 e. The van der Waals surface area contributed by atoms with Crippen molar-refractivity contribution in [2.24, 2.45) is 4.99 Å². The first-order chi connectivity index (χ1) is 14.1. The Balaban J connectivity index is 1.42. The fourth-order valence-corrected chi connectivity index (χ4v) is 3.84. The van der Waals surface area contributed by atoms with Gasteiger partial charge in [-0.1, -0.05) is 6.07 Å². The Hall–Kier alpha value is -2.91. The van der Waals surface area contributed by atoms with E-state index in [1.165, 1.54) is 0 Å². The maximum absolute atomic E-state index is 5.97. The van der Waals surface area contributed by atoms with E-state index in [4.69, 9.17) is 19.2 Å². The Morgan fingerprint density at radius 2 is 2.00 bits per heavy atom. The summed E-state index contributed by atoms with van der Waals surface area (Å²) in [5, 5.41) is 0. The molecule has 5 rings (SSSR count).